The van der Waals surface area contributed by atoms with Crippen molar-refractivity contribution in [2.24, 2.45) is 7.05 Å². The molecule has 9 heteroatoms. The minimum absolute atomic E-state index is 0.379. The number of aryl methyl sites for hydroxylation is 1. The zero-order chi connectivity index (χ0) is 23.3. The molecule has 0 bridgehead atoms. The van der Waals surface area contributed by atoms with E-state index < -0.39 is 34.0 Å². The van der Waals surface area contributed by atoms with Gasteiger partial charge in [0.25, 0.3) is 0 Å². The Hall–Kier alpha value is -2.52. The van der Waals surface area contributed by atoms with Crippen LogP contribution in [0.15, 0.2) is 56.7 Å². The number of nitrogens with zero attached hydrogens (tertiary/aromatic N) is 2. The highest BCUT2D eigenvalue weighted by Crippen LogP contribution is 2.46. The number of hydrogen-bond acceptors (Lipinski definition) is 2. The fourth-order valence-electron chi connectivity index (χ4n) is 3.50. The van der Waals surface area contributed by atoms with Gasteiger partial charge < -0.3 is 9.47 Å². The molecule has 4 rings (SSSR count). The van der Waals surface area contributed by atoms with Crippen molar-refractivity contribution in [3.05, 3.63) is 76.0 Å². The maximum absolute atomic E-state index is 14.5. The number of aromatic nitrogens is 1. The van der Waals surface area contributed by atoms with Crippen molar-refractivity contribution in [3.8, 4) is 11.3 Å². The average Bonchev–Trinajstić information content (AvgIpc) is 3.04. The van der Waals surface area contributed by atoms with Crippen LogP contribution in [0.4, 0.5) is 27.6 Å². The van der Waals surface area contributed by atoms with Gasteiger partial charge in [0.15, 0.2) is 23.3 Å². The molecule has 166 valence electrons. The largest absolute Gasteiger partial charge is 0.378 e. The Kier molecular flexibility index (Phi) is 5.98. The quantitative estimate of drug-likeness (QED) is 0.154. The van der Waals surface area contributed by atoms with Crippen molar-refractivity contribution in [2.45, 2.75) is 9.79 Å². The molecule has 32 heavy (non-hydrogen) atoms. The molecule has 0 saturated carbocycles. The first-order valence-electron chi connectivity index (χ1n) is 9.36. The van der Waals surface area contributed by atoms with Gasteiger partial charge in [-0.2, -0.15) is 0 Å². The molecule has 0 aliphatic carbocycles. The Morgan fingerprint density at radius 2 is 1.34 bits per heavy atom. The summed E-state index contributed by atoms with van der Waals surface area (Å²) in [5, 5.41) is 0.613. The van der Waals surface area contributed by atoms with E-state index in [-0.39, 0.29) is 0 Å². The third kappa shape index (κ3) is 3.67. The molecule has 0 fully saturated rings. The SMILES string of the molecule is CN(C)c1ccc(-c2c(Sc3c(F)c(F)c(F)c(F)c3F)c3cc(Br)ccc3n2C)cc1. The molecule has 4 aromatic rings. The van der Waals surface area contributed by atoms with E-state index in [1.165, 1.54) is 0 Å². The van der Waals surface area contributed by atoms with Gasteiger partial charge in [-0.3, -0.25) is 0 Å². The summed E-state index contributed by atoms with van der Waals surface area (Å²) in [6, 6.07) is 12.9. The minimum Gasteiger partial charge on any atom is -0.378 e. The van der Waals surface area contributed by atoms with E-state index in [1.807, 2.05) is 60.0 Å². The van der Waals surface area contributed by atoms with Crippen LogP contribution in [0.25, 0.3) is 22.2 Å². The third-order valence-electron chi connectivity index (χ3n) is 5.15. The van der Waals surface area contributed by atoms with Gasteiger partial charge >= 0.3 is 0 Å². The van der Waals surface area contributed by atoms with Gasteiger partial charge in [0.1, 0.15) is 0 Å². The van der Waals surface area contributed by atoms with Gasteiger partial charge in [-0.05, 0) is 35.9 Å². The number of fused-ring (bicyclic) bond motifs is 1. The minimum atomic E-state index is -2.18. The highest BCUT2D eigenvalue weighted by atomic mass is 79.9. The fourth-order valence-corrected chi connectivity index (χ4v) is 5.05. The van der Waals surface area contributed by atoms with Crippen molar-refractivity contribution >= 4 is 44.3 Å². The predicted molar refractivity (Wildman–Crippen MR) is 121 cm³/mol. The highest BCUT2D eigenvalue weighted by Gasteiger charge is 2.28. The van der Waals surface area contributed by atoms with E-state index in [4.69, 9.17) is 0 Å². The summed E-state index contributed by atoms with van der Waals surface area (Å²) in [5.74, 6) is -9.82. The molecule has 1 heterocycles. The molecular weight excluding hydrogens is 511 g/mol. The van der Waals surface area contributed by atoms with Crippen LogP contribution in [-0.2, 0) is 7.05 Å². The second kappa shape index (κ2) is 8.44. The Balaban J connectivity index is 1.99. The third-order valence-corrected chi connectivity index (χ3v) is 6.82. The van der Waals surface area contributed by atoms with E-state index in [0.717, 1.165) is 16.8 Å². The molecule has 3 aromatic carbocycles. The van der Waals surface area contributed by atoms with Gasteiger partial charge in [-0.25, -0.2) is 22.0 Å². The first kappa shape index (κ1) is 22.7. The summed E-state index contributed by atoms with van der Waals surface area (Å²) in [5.41, 5.74) is 3.02. The second-order valence-corrected chi connectivity index (χ2v) is 9.28. The summed E-state index contributed by atoms with van der Waals surface area (Å²) in [6.45, 7) is 0. The molecule has 0 unspecified atom stereocenters. The van der Waals surface area contributed by atoms with E-state index in [1.54, 1.807) is 13.1 Å². The lowest BCUT2D eigenvalue weighted by Crippen LogP contribution is -2.08. The Bertz CT molecular complexity index is 1320. The van der Waals surface area contributed by atoms with Crippen LogP contribution in [0.1, 0.15) is 0 Å². The maximum Gasteiger partial charge on any atom is 0.200 e. The molecule has 0 N–H and O–H groups in total. The van der Waals surface area contributed by atoms with Crippen LogP contribution in [0.5, 0.6) is 0 Å². The van der Waals surface area contributed by atoms with E-state index in [2.05, 4.69) is 15.9 Å². The molecule has 0 atom stereocenters. The summed E-state index contributed by atoms with van der Waals surface area (Å²) in [6.07, 6.45) is 0. The lowest BCUT2D eigenvalue weighted by atomic mass is 10.1. The molecule has 0 aliphatic heterocycles. The van der Waals surface area contributed by atoms with Crippen molar-refractivity contribution in [2.75, 3.05) is 19.0 Å². The molecule has 1 aromatic heterocycles. The zero-order valence-corrected chi connectivity index (χ0v) is 19.5. The fraction of sp³-hybridized carbons (Fsp3) is 0.130. The number of anilines is 1. The van der Waals surface area contributed by atoms with Crippen LogP contribution < -0.4 is 4.90 Å². The van der Waals surface area contributed by atoms with Gasteiger partial charge in [0, 0.05) is 47.1 Å². The first-order chi connectivity index (χ1) is 15.1. The number of rotatable bonds is 4. The van der Waals surface area contributed by atoms with Gasteiger partial charge in [0.2, 0.25) is 5.82 Å². The molecular formula is C23H16BrF5N2S. The smallest absolute Gasteiger partial charge is 0.200 e. The lowest BCUT2D eigenvalue weighted by Gasteiger charge is -2.14. The van der Waals surface area contributed by atoms with Gasteiger partial charge in [-0.1, -0.05) is 39.8 Å². The van der Waals surface area contributed by atoms with Crippen LogP contribution in [-0.4, -0.2) is 18.7 Å². The molecule has 2 nitrogen and oxygen atoms in total. The van der Waals surface area contributed by atoms with E-state index >= 15 is 0 Å². The van der Waals surface area contributed by atoms with Gasteiger partial charge in [0.05, 0.1) is 10.6 Å². The first-order valence-corrected chi connectivity index (χ1v) is 11.0. The van der Waals surface area contributed by atoms with Crippen LogP contribution in [0.2, 0.25) is 0 Å². The van der Waals surface area contributed by atoms with Gasteiger partial charge in [-0.15, -0.1) is 0 Å². The number of hydrogen-bond donors (Lipinski definition) is 0. The molecule has 0 saturated heterocycles. The van der Waals surface area contributed by atoms with E-state index in [0.29, 0.717) is 32.2 Å². The predicted octanol–water partition coefficient (Wildman–Crippen LogP) is 7.52. The van der Waals surface area contributed by atoms with Crippen LogP contribution >= 0.6 is 27.7 Å². The monoisotopic (exact) mass is 526 g/mol. The number of benzene rings is 3. The highest BCUT2D eigenvalue weighted by molar-refractivity contribution is 9.10. The average molecular weight is 527 g/mol. The number of halogens is 6. The summed E-state index contributed by atoms with van der Waals surface area (Å²) < 4.78 is 72.7. The molecule has 0 aliphatic rings. The Labute approximate surface area is 193 Å². The van der Waals surface area contributed by atoms with E-state index in [9.17, 15) is 22.0 Å². The maximum atomic E-state index is 14.5. The van der Waals surface area contributed by atoms with Crippen molar-refractivity contribution < 1.29 is 22.0 Å². The van der Waals surface area contributed by atoms with Crippen molar-refractivity contribution in [3.63, 3.8) is 0 Å². The standard InChI is InChI=1S/C23H16BrF5N2S/c1-30(2)13-7-4-11(5-8-13)21-22(14-10-12(24)6-9-15(14)31(21)3)32-23-19(28)17(26)16(25)18(27)20(23)29/h4-10H,1-3H3. The van der Waals surface area contributed by atoms with Crippen molar-refractivity contribution in [1.82, 2.24) is 4.57 Å². The zero-order valence-electron chi connectivity index (χ0n) is 17.1. The summed E-state index contributed by atoms with van der Waals surface area (Å²) in [4.78, 5) is 1.36. The summed E-state index contributed by atoms with van der Waals surface area (Å²) >= 11 is 3.91. The van der Waals surface area contributed by atoms with Crippen molar-refractivity contribution in [1.29, 1.82) is 0 Å². The Morgan fingerprint density at radius 1 is 0.781 bits per heavy atom. The molecule has 0 amide bonds. The molecule has 0 radical (unpaired) electrons. The topological polar surface area (TPSA) is 8.17 Å². The summed E-state index contributed by atoms with van der Waals surface area (Å²) in [7, 11) is 5.58. The van der Waals surface area contributed by atoms with Crippen LogP contribution in [0, 0.1) is 29.1 Å². The normalized spacial score (nSPS) is 11.4. The second-order valence-electron chi connectivity index (χ2n) is 7.34. The molecule has 0 spiro atoms. The van der Waals surface area contributed by atoms with Crippen LogP contribution in [0.3, 0.4) is 0 Å². The Morgan fingerprint density at radius 3 is 1.91 bits per heavy atom. The lowest BCUT2D eigenvalue weighted by molar-refractivity contribution is 0.361.